The molecule has 0 radical (unpaired) electrons. The van der Waals surface area contributed by atoms with Crippen molar-refractivity contribution in [3.63, 3.8) is 0 Å². The molecule has 0 amide bonds. The van der Waals surface area contributed by atoms with Gasteiger partial charge in [0.15, 0.2) is 0 Å². The largest absolute Gasteiger partial charge is 0.388 e. The van der Waals surface area contributed by atoms with Crippen molar-refractivity contribution in [1.29, 1.82) is 0 Å². The molecule has 0 spiro atoms. The van der Waals surface area contributed by atoms with E-state index < -0.39 is 0 Å². The maximum Gasteiger partial charge on any atom is 0.0794 e. The number of aliphatic hydroxyl groups is 1. The molecular weight excluding hydrogens is 174 g/mol. The second kappa shape index (κ2) is 3.76. The number of hydrogen-bond acceptors (Lipinski definition) is 2. The topological polar surface area (TPSA) is 33.1 Å². The number of para-hydroxylation sites is 1. The van der Waals surface area contributed by atoms with E-state index in [1.54, 1.807) is 6.20 Å². The molecule has 0 fully saturated rings. The Balaban J connectivity index is 2.65. The number of aromatic nitrogens is 1. The van der Waals surface area contributed by atoms with Crippen LogP contribution in [0, 0.1) is 0 Å². The summed E-state index contributed by atoms with van der Waals surface area (Å²) >= 11 is 0. The van der Waals surface area contributed by atoms with Crippen LogP contribution in [-0.4, -0.2) is 10.1 Å². The fourth-order valence-corrected chi connectivity index (χ4v) is 1.63. The minimum Gasteiger partial charge on any atom is -0.388 e. The zero-order valence-corrected chi connectivity index (χ0v) is 8.14. The third-order valence-electron chi connectivity index (χ3n) is 2.43. The second-order valence-electron chi connectivity index (χ2n) is 3.34. The fourth-order valence-electron chi connectivity index (χ4n) is 1.63. The van der Waals surface area contributed by atoms with Gasteiger partial charge in [0.25, 0.3) is 0 Å². The van der Waals surface area contributed by atoms with Crippen molar-refractivity contribution in [3.8, 4) is 0 Å². The lowest BCUT2D eigenvalue weighted by Crippen LogP contribution is -1.96. The van der Waals surface area contributed by atoms with Crippen LogP contribution in [0.4, 0.5) is 0 Å². The van der Waals surface area contributed by atoms with Gasteiger partial charge in [0.1, 0.15) is 0 Å². The molecule has 72 valence electrons. The van der Waals surface area contributed by atoms with Gasteiger partial charge in [-0.25, -0.2) is 0 Å². The van der Waals surface area contributed by atoms with E-state index in [0.717, 1.165) is 22.9 Å². The zero-order chi connectivity index (χ0) is 9.97. The molecule has 0 saturated heterocycles. The fraction of sp³-hybridized carbons (Fsp3) is 0.250. The second-order valence-corrected chi connectivity index (χ2v) is 3.34. The van der Waals surface area contributed by atoms with Crippen molar-refractivity contribution in [2.45, 2.75) is 19.4 Å². The van der Waals surface area contributed by atoms with Gasteiger partial charge in [0.2, 0.25) is 0 Å². The van der Waals surface area contributed by atoms with Crippen molar-refractivity contribution in [1.82, 2.24) is 4.98 Å². The normalized spacial score (nSPS) is 13.0. The molecule has 0 saturated carbocycles. The molecule has 2 heteroatoms. The first-order valence-corrected chi connectivity index (χ1v) is 4.84. The first-order valence-electron chi connectivity index (χ1n) is 4.84. The van der Waals surface area contributed by atoms with Crippen molar-refractivity contribution in [3.05, 3.63) is 42.1 Å². The number of benzene rings is 1. The highest BCUT2D eigenvalue weighted by atomic mass is 16.3. The molecule has 2 rings (SSSR count). The zero-order valence-electron chi connectivity index (χ0n) is 8.14. The van der Waals surface area contributed by atoms with Gasteiger partial charge in [0, 0.05) is 11.6 Å². The minimum absolute atomic E-state index is 0.386. The molecule has 0 aliphatic rings. The summed E-state index contributed by atoms with van der Waals surface area (Å²) in [5.74, 6) is 0. The van der Waals surface area contributed by atoms with Crippen molar-refractivity contribution < 1.29 is 5.11 Å². The molecule has 0 aliphatic heterocycles. The Bertz CT molecular complexity index is 434. The lowest BCUT2D eigenvalue weighted by atomic mass is 10.0. The third kappa shape index (κ3) is 1.49. The highest BCUT2D eigenvalue weighted by molar-refractivity contribution is 5.82. The quantitative estimate of drug-likeness (QED) is 0.784. The molecular formula is C12H13NO. The van der Waals surface area contributed by atoms with Crippen LogP contribution in [0.15, 0.2) is 36.5 Å². The minimum atomic E-state index is -0.386. The summed E-state index contributed by atoms with van der Waals surface area (Å²) in [5, 5.41) is 10.8. The Morgan fingerprint density at radius 2 is 2.07 bits per heavy atom. The number of aliphatic hydroxyl groups excluding tert-OH is 1. The predicted octanol–water partition coefficient (Wildman–Crippen LogP) is 2.68. The molecule has 1 atom stereocenters. The van der Waals surface area contributed by atoms with E-state index in [2.05, 4.69) is 4.98 Å². The SMILES string of the molecule is CC[C@@H](O)c1ccnc2ccccc12. The van der Waals surface area contributed by atoms with Crippen molar-refractivity contribution in [2.75, 3.05) is 0 Å². The Morgan fingerprint density at radius 1 is 1.29 bits per heavy atom. The molecule has 0 unspecified atom stereocenters. The van der Waals surface area contributed by atoms with Crippen LogP contribution < -0.4 is 0 Å². The number of fused-ring (bicyclic) bond motifs is 1. The Kier molecular flexibility index (Phi) is 2.46. The Morgan fingerprint density at radius 3 is 2.86 bits per heavy atom. The Labute approximate surface area is 83.2 Å². The monoisotopic (exact) mass is 187 g/mol. The first-order chi connectivity index (χ1) is 6.83. The highest BCUT2D eigenvalue weighted by Crippen LogP contribution is 2.24. The molecule has 0 bridgehead atoms. The van der Waals surface area contributed by atoms with Crippen LogP contribution in [0.3, 0.4) is 0 Å². The summed E-state index contributed by atoms with van der Waals surface area (Å²) in [6.45, 7) is 1.97. The summed E-state index contributed by atoms with van der Waals surface area (Å²) in [5.41, 5.74) is 1.91. The van der Waals surface area contributed by atoms with Gasteiger partial charge in [0.05, 0.1) is 11.6 Å². The number of rotatable bonds is 2. The molecule has 1 N–H and O–H groups in total. The van der Waals surface area contributed by atoms with Crippen LogP contribution in [0.5, 0.6) is 0 Å². The van der Waals surface area contributed by atoms with Crippen molar-refractivity contribution in [2.24, 2.45) is 0 Å². The van der Waals surface area contributed by atoms with Crippen LogP contribution >= 0.6 is 0 Å². The molecule has 1 aromatic heterocycles. The maximum atomic E-state index is 9.80. The standard InChI is InChI=1S/C12H13NO/c1-2-12(14)10-7-8-13-11-6-4-3-5-9(10)11/h3-8,12,14H,2H2,1H3/t12-/m1/s1. The van der Waals surface area contributed by atoms with E-state index in [4.69, 9.17) is 0 Å². The maximum absolute atomic E-state index is 9.80. The highest BCUT2D eigenvalue weighted by Gasteiger charge is 2.08. The molecule has 1 aromatic carbocycles. The van der Waals surface area contributed by atoms with Gasteiger partial charge in [-0.1, -0.05) is 25.1 Å². The molecule has 1 heterocycles. The van der Waals surface area contributed by atoms with E-state index in [0.29, 0.717) is 0 Å². The van der Waals surface area contributed by atoms with Gasteiger partial charge in [-0.05, 0) is 24.1 Å². The van der Waals surface area contributed by atoms with Gasteiger partial charge in [-0.15, -0.1) is 0 Å². The van der Waals surface area contributed by atoms with Crippen molar-refractivity contribution >= 4 is 10.9 Å². The summed E-state index contributed by atoms with van der Waals surface area (Å²) in [4.78, 5) is 4.25. The third-order valence-corrected chi connectivity index (χ3v) is 2.43. The average Bonchev–Trinajstić information content (AvgIpc) is 2.27. The molecule has 14 heavy (non-hydrogen) atoms. The van der Waals surface area contributed by atoms with E-state index >= 15 is 0 Å². The number of hydrogen-bond donors (Lipinski definition) is 1. The summed E-state index contributed by atoms with van der Waals surface area (Å²) in [7, 11) is 0. The smallest absolute Gasteiger partial charge is 0.0794 e. The van der Waals surface area contributed by atoms with E-state index in [9.17, 15) is 5.11 Å². The van der Waals surface area contributed by atoms with Crippen LogP contribution in [0.25, 0.3) is 10.9 Å². The molecule has 2 aromatic rings. The summed E-state index contributed by atoms with van der Waals surface area (Å²) in [6, 6.07) is 9.77. The van der Waals surface area contributed by atoms with Gasteiger partial charge < -0.3 is 5.11 Å². The predicted molar refractivity (Wildman–Crippen MR) is 57.0 cm³/mol. The van der Waals surface area contributed by atoms with E-state index in [-0.39, 0.29) is 6.10 Å². The molecule has 2 nitrogen and oxygen atoms in total. The average molecular weight is 187 g/mol. The van der Waals surface area contributed by atoms with Crippen LogP contribution in [-0.2, 0) is 0 Å². The number of nitrogens with zero attached hydrogens (tertiary/aromatic N) is 1. The van der Waals surface area contributed by atoms with Gasteiger partial charge >= 0.3 is 0 Å². The van der Waals surface area contributed by atoms with Crippen LogP contribution in [0.1, 0.15) is 25.0 Å². The molecule has 0 aliphatic carbocycles. The van der Waals surface area contributed by atoms with Gasteiger partial charge in [-0.3, -0.25) is 4.98 Å². The Hall–Kier alpha value is -1.41. The van der Waals surface area contributed by atoms with E-state index in [1.165, 1.54) is 0 Å². The van der Waals surface area contributed by atoms with Gasteiger partial charge in [-0.2, -0.15) is 0 Å². The summed E-state index contributed by atoms with van der Waals surface area (Å²) in [6.07, 6.45) is 2.09. The number of pyridine rings is 1. The van der Waals surface area contributed by atoms with Crippen LogP contribution in [0.2, 0.25) is 0 Å². The summed E-state index contributed by atoms with van der Waals surface area (Å²) < 4.78 is 0. The van der Waals surface area contributed by atoms with E-state index in [1.807, 2.05) is 37.3 Å². The lowest BCUT2D eigenvalue weighted by Gasteiger charge is -2.10. The lowest BCUT2D eigenvalue weighted by molar-refractivity contribution is 0.175. The first kappa shape index (κ1) is 9.16.